The van der Waals surface area contributed by atoms with Gasteiger partial charge in [0.1, 0.15) is 11.3 Å². The van der Waals surface area contributed by atoms with Crippen LogP contribution in [0.3, 0.4) is 0 Å². The van der Waals surface area contributed by atoms with Crippen molar-refractivity contribution in [3.63, 3.8) is 0 Å². The van der Waals surface area contributed by atoms with Gasteiger partial charge in [0.15, 0.2) is 0 Å². The maximum atomic E-state index is 6.30. The number of halogens is 1. The number of nitrogens with zero attached hydrogens (tertiary/aromatic N) is 1. The third kappa shape index (κ3) is 2.64. The van der Waals surface area contributed by atoms with E-state index < -0.39 is 0 Å². The van der Waals surface area contributed by atoms with Crippen LogP contribution in [0.4, 0.5) is 0 Å². The monoisotopic (exact) mass is 227 g/mol. The number of benzene rings is 1. The number of alkyl halides is 1. The first kappa shape index (κ1) is 12.3. The molecule has 0 aromatic heterocycles. The van der Waals surface area contributed by atoms with E-state index in [4.69, 9.17) is 16.3 Å². The predicted molar refractivity (Wildman–Crippen MR) is 64.7 cm³/mol. The van der Waals surface area contributed by atoms with Gasteiger partial charge < -0.3 is 4.74 Å². The van der Waals surface area contributed by atoms with Gasteiger partial charge in [0.25, 0.3) is 0 Å². The Labute approximate surface area is 96.8 Å². The molecule has 2 nitrogen and oxygen atoms in total. The fraction of sp³-hybridized carbons (Fsp3) is 0.500. The first-order valence-corrected chi connectivity index (χ1v) is 5.36. The molecule has 0 fully saturated rings. The number of ether oxygens (including phenoxy) is 1. The number of hydrogen-bond donors (Lipinski definition) is 0. The number of rotatable bonds is 3. The van der Waals surface area contributed by atoms with Crippen LogP contribution in [0, 0.1) is 13.8 Å². The highest BCUT2D eigenvalue weighted by atomic mass is 35.5. The van der Waals surface area contributed by atoms with Crippen molar-refractivity contribution in [3.8, 4) is 5.75 Å². The highest BCUT2D eigenvalue weighted by molar-refractivity contribution is 6.20. The lowest BCUT2D eigenvalue weighted by Gasteiger charge is -2.21. The Bertz CT molecular complexity index is 350. The minimum atomic E-state index is -0.0883. The Kier molecular flexibility index (Phi) is 4.00. The van der Waals surface area contributed by atoms with Crippen molar-refractivity contribution in [2.75, 3.05) is 21.2 Å². The van der Waals surface area contributed by atoms with E-state index in [0.29, 0.717) is 0 Å². The fourth-order valence-electron chi connectivity index (χ4n) is 1.57. The van der Waals surface area contributed by atoms with Gasteiger partial charge in [-0.1, -0.05) is 0 Å². The molecule has 84 valence electrons. The summed E-state index contributed by atoms with van der Waals surface area (Å²) < 4.78 is 5.26. The maximum Gasteiger partial charge on any atom is 0.122 e. The molecule has 0 aliphatic rings. The van der Waals surface area contributed by atoms with Gasteiger partial charge in [0.05, 0.1) is 7.11 Å². The largest absolute Gasteiger partial charge is 0.496 e. The second-order valence-electron chi connectivity index (χ2n) is 3.98. The normalized spacial score (nSPS) is 13.0. The molecule has 15 heavy (non-hydrogen) atoms. The molecule has 1 atom stereocenters. The summed E-state index contributed by atoms with van der Waals surface area (Å²) in [5.74, 6) is 0.916. The van der Waals surface area contributed by atoms with Crippen LogP contribution in [0.5, 0.6) is 5.75 Å². The molecular formula is C12H18ClNO. The van der Waals surface area contributed by atoms with E-state index in [2.05, 4.69) is 13.0 Å². The van der Waals surface area contributed by atoms with Crippen LogP contribution in [-0.2, 0) is 0 Å². The van der Waals surface area contributed by atoms with E-state index in [1.807, 2.05) is 32.0 Å². The zero-order valence-electron chi connectivity index (χ0n) is 9.97. The van der Waals surface area contributed by atoms with Crippen molar-refractivity contribution in [1.29, 1.82) is 0 Å². The average molecular weight is 228 g/mol. The van der Waals surface area contributed by atoms with Crippen molar-refractivity contribution in [2.45, 2.75) is 19.3 Å². The molecule has 1 rings (SSSR count). The maximum absolute atomic E-state index is 6.30. The molecule has 0 saturated heterocycles. The van der Waals surface area contributed by atoms with Gasteiger partial charge in [0.2, 0.25) is 0 Å². The van der Waals surface area contributed by atoms with Crippen LogP contribution in [-0.4, -0.2) is 26.1 Å². The first-order valence-electron chi connectivity index (χ1n) is 4.93. The summed E-state index contributed by atoms with van der Waals surface area (Å²) in [6.45, 7) is 4.08. The minimum absolute atomic E-state index is 0.0883. The molecular weight excluding hydrogens is 210 g/mol. The molecule has 0 aliphatic carbocycles. The van der Waals surface area contributed by atoms with Crippen LogP contribution >= 0.6 is 11.6 Å². The molecule has 0 amide bonds. The van der Waals surface area contributed by atoms with Crippen LogP contribution < -0.4 is 4.74 Å². The summed E-state index contributed by atoms with van der Waals surface area (Å²) in [5.41, 5.74) is 3.33. The Balaban J connectivity index is 3.15. The lowest BCUT2D eigenvalue weighted by Crippen LogP contribution is -2.15. The van der Waals surface area contributed by atoms with Crippen molar-refractivity contribution >= 4 is 11.6 Å². The quantitative estimate of drug-likeness (QED) is 0.581. The van der Waals surface area contributed by atoms with Gasteiger partial charge in [-0.3, -0.25) is 4.90 Å². The van der Waals surface area contributed by atoms with Gasteiger partial charge in [0, 0.05) is 0 Å². The summed E-state index contributed by atoms with van der Waals surface area (Å²) in [6.07, 6.45) is 0. The van der Waals surface area contributed by atoms with Crippen molar-refractivity contribution in [3.05, 3.63) is 28.8 Å². The van der Waals surface area contributed by atoms with Crippen molar-refractivity contribution in [2.24, 2.45) is 0 Å². The molecule has 0 heterocycles. The summed E-state index contributed by atoms with van der Waals surface area (Å²) in [5, 5.41) is 0. The highest BCUT2D eigenvalue weighted by Crippen LogP contribution is 2.30. The Morgan fingerprint density at radius 1 is 1.20 bits per heavy atom. The van der Waals surface area contributed by atoms with E-state index in [1.54, 1.807) is 7.11 Å². The number of aryl methyl sites for hydroxylation is 2. The second kappa shape index (κ2) is 4.86. The van der Waals surface area contributed by atoms with Gasteiger partial charge >= 0.3 is 0 Å². The summed E-state index contributed by atoms with van der Waals surface area (Å²) in [6, 6.07) is 4.12. The molecule has 3 heteroatoms. The first-order chi connectivity index (χ1) is 6.97. The summed E-state index contributed by atoms with van der Waals surface area (Å²) in [4.78, 5) is 1.98. The highest BCUT2D eigenvalue weighted by Gasteiger charge is 2.14. The smallest absolute Gasteiger partial charge is 0.122 e. The van der Waals surface area contributed by atoms with Crippen molar-refractivity contribution < 1.29 is 4.74 Å². The van der Waals surface area contributed by atoms with Gasteiger partial charge in [-0.15, -0.1) is 11.6 Å². The lowest BCUT2D eigenvalue weighted by atomic mass is 10.0. The number of methoxy groups -OCH3 is 1. The van der Waals surface area contributed by atoms with Gasteiger partial charge in [-0.05, 0) is 56.8 Å². The number of hydrogen-bond acceptors (Lipinski definition) is 2. The van der Waals surface area contributed by atoms with Crippen LogP contribution in [0.25, 0.3) is 0 Å². The van der Waals surface area contributed by atoms with Crippen molar-refractivity contribution in [1.82, 2.24) is 4.90 Å². The Hall–Kier alpha value is -0.730. The summed E-state index contributed by atoms with van der Waals surface area (Å²) in [7, 11) is 5.62. The fourth-order valence-corrected chi connectivity index (χ4v) is 1.80. The van der Waals surface area contributed by atoms with E-state index >= 15 is 0 Å². The molecule has 1 aromatic carbocycles. The Morgan fingerprint density at radius 3 is 2.27 bits per heavy atom. The van der Waals surface area contributed by atoms with Crippen LogP contribution in [0.2, 0.25) is 0 Å². The van der Waals surface area contributed by atoms with Gasteiger partial charge in [-0.25, -0.2) is 0 Å². The Morgan fingerprint density at radius 2 is 1.80 bits per heavy atom. The van der Waals surface area contributed by atoms with Crippen LogP contribution in [0.15, 0.2) is 12.1 Å². The van der Waals surface area contributed by atoms with E-state index in [0.717, 1.165) is 22.4 Å². The molecule has 0 spiro atoms. The molecule has 0 bridgehead atoms. The topological polar surface area (TPSA) is 12.5 Å². The standard InChI is InChI=1S/C12H18ClNO/c1-8-7-11(15-5)9(2)6-10(8)12(13)14(3)4/h6-7,12H,1-5H3. The van der Waals surface area contributed by atoms with E-state index in [9.17, 15) is 0 Å². The second-order valence-corrected chi connectivity index (χ2v) is 4.39. The molecule has 0 radical (unpaired) electrons. The molecule has 0 N–H and O–H groups in total. The average Bonchev–Trinajstić information content (AvgIpc) is 2.19. The minimum Gasteiger partial charge on any atom is -0.496 e. The predicted octanol–water partition coefficient (Wildman–Crippen LogP) is 3.11. The van der Waals surface area contributed by atoms with E-state index in [-0.39, 0.29) is 5.50 Å². The lowest BCUT2D eigenvalue weighted by molar-refractivity contribution is 0.381. The van der Waals surface area contributed by atoms with Gasteiger partial charge in [-0.2, -0.15) is 0 Å². The van der Waals surface area contributed by atoms with Crippen LogP contribution in [0.1, 0.15) is 22.2 Å². The summed E-state index contributed by atoms with van der Waals surface area (Å²) >= 11 is 6.30. The zero-order valence-corrected chi connectivity index (χ0v) is 10.7. The molecule has 1 unspecified atom stereocenters. The third-order valence-electron chi connectivity index (χ3n) is 2.49. The van der Waals surface area contributed by atoms with E-state index in [1.165, 1.54) is 0 Å². The SMILES string of the molecule is COc1cc(C)c(C(Cl)N(C)C)cc1C. The molecule has 0 saturated carbocycles. The molecule has 0 aliphatic heterocycles. The molecule has 1 aromatic rings. The zero-order chi connectivity index (χ0) is 11.6. The third-order valence-corrected chi connectivity index (χ3v) is 3.12.